The summed E-state index contributed by atoms with van der Waals surface area (Å²) in [7, 11) is 0. The molecule has 1 aromatic carbocycles. The number of alkyl halides is 3. The summed E-state index contributed by atoms with van der Waals surface area (Å²) in [4.78, 5) is 40.6. The molecular weight excluding hydrogens is 513 g/mol. The molecule has 0 unspecified atom stereocenters. The first-order valence-electron chi connectivity index (χ1n) is 11.5. The third kappa shape index (κ3) is 8.11. The highest BCUT2D eigenvalue weighted by atomic mass is 32.2. The van der Waals surface area contributed by atoms with Crippen LogP contribution in [0.2, 0.25) is 0 Å². The molecule has 0 aliphatic carbocycles. The molecule has 200 valence electrons. The molecule has 3 amide bonds. The largest absolute Gasteiger partial charge is 0.405 e. The molecule has 3 N–H and O–H groups in total. The van der Waals surface area contributed by atoms with Gasteiger partial charge < -0.3 is 25.6 Å². The number of morpholine rings is 1. The highest BCUT2D eigenvalue weighted by Gasteiger charge is 2.39. The smallest absolute Gasteiger partial charge is 0.383 e. The number of carbonyl (C=O) groups is 3. The number of hydrogen-bond acceptors (Lipinski definition) is 8. The van der Waals surface area contributed by atoms with Crippen LogP contribution in [0.15, 0.2) is 34.9 Å². The van der Waals surface area contributed by atoms with Crippen LogP contribution in [-0.4, -0.2) is 91.4 Å². The predicted octanol–water partition coefficient (Wildman–Crippen LogP) is 1.75. The number of nitriles is 1. The number of nitrogens with one attached hydrogen (secondary N) is 3. The number of hydrogen-bond donors (Lipinski definition) is 3. The summed E-state index contributed by atoms with van der Waals surface area (Å²) in [5.74, 6) is -1.73. The van der Waals surface area contributed by atoms with E-state index in [0.29, 0.717) is 37.7 Å². The van der Waals surface area contributed by atoms with Crippen molar-refractivity contribution < 1.29 is 32.3 Å². The van der Waals surface area contributed by atoms with Crippen LogP contribution in [0.4, 0.5) is 24.5 Å². The molecule has 1 aromatic rings. The van der Waals surface area contributed by atoms with Crippen molar-refractivity contribution in [1.29, 1.82) is 5.26 Å². The fourth-order valence-corrected chi connectivity index (χ4v) is 4.96. The van der Waals surface area contributed by atoms with E-state index >= 15 is 0 Å². The summed E-state index contributed by atoms with van der Waals surface area (Å²) in [6.45, 7) is 3.11. The number of ether oxygens (including phenoxy) is 1. The molecule has 14 heteroatoms. The van der Waals surface area contributed by atoms with Gasteiger partial charge in [0.25, 0.3) is 5.91 Å². The third-order valence-corrected chi connectivity index (χ3v) is 6.77. The minimum absolute atomic E-state index is 0.0191. The zero-order valence-corrected chi connectivity index (χ0v) is 20.9. The summed E-state index contributed by atoms with van der Waals surface area (Å²) in [5.41, 5.74) is 0.649. The lowest BCUT2D eigenvalue weighted by Crippen LogP contribution is -2.41. The number of rotatable bonds is 9. The molecule has 2 aliphatic rings. The highest BCUT2D eigenvalue weighted by molar-refractivity contribution is 8.04. The standard InChI is InChI=1S/C23H27F3N6O4S/c1-2-32-21(35)18(37-22(32)17(11-27)20(34)29-14-23(24,25)26)12-28-15-4-3-5-16(10-15)30-19(33)13-31-6-8-36-9-7-31/h3-5,10,18,28H,2,6-9,12-14H2,1H3,(H,29,34)(H,30,33)/b22-17-/t18-/m1/s1. The van der Waals surface area contributed by atoms with Crippen molar-refractivity contribution in [1.82, 2.24) is 15.1 Å². The van der Waals surface area contributed by atoms with Crippen molar-refractivity contribution >= 4 is 40.9 Å². The number of halogens is 3. The number of thioether (sulfide) groups is 1. The van der Waals surface area contributed by atoms with E-state index in [-0.39, 0.29) is 36.5 Å². The van der Waals surface area contributed by atoms with Crippen LogP contribution in [-0.2, 0) is 19.1 Å². The summed E-state index contributed by atoms with van der Waals surface area (Å²) in [5, 5.41) is 16.3. The van der Waals surface area contributed by atoms with E-state index in [1.54, 1.807) is 42.6 Å². The minimum Gasteiger partial charge on any atom is -0.383 e. The van der Waals surface area contributed by atoms with Crippen LogP contribution in [0.1, 0.15) is 6.92 Å². The normalized spacial score (nSPS) is 19.8. The Kier molecular flexibility index (Phi) is 9.79. The first kappa shape index (κ1) is 28.3. The van der Waals surface area contributed by atoms with Gasteiger partial charge >= 0.3 is 6.18 Å². The Morgan fingerprint density at radius 2 is 1.95 bits per heavy atom. The van der Waals surface area contributed by atoms with Crippen molar-refractivity contribution in [3.8, 4) is 6.07 Å². The van der Waals surface area contributed by atoms with Crippen LogP contribution < -0.4 is 16.0 Å². The quantitative estimate of drug-likeness (QED) is 0.320. The summed E-state index contributed by atoms with van der Waals surface area (Å²) < 4.78 is 42.7. The van der Waals surface area contributed by atoms with Gasteiger partial charge in [-0.2, -0.15) is 18.4 Å². The van der Waals surface area contributed by atoms with Gasteiger partial charge in [0.15, 0.2) is 0 Å². The predicted molar refractivity (Wildman–Crippen MR) is 131 cm³/mol. The Morgan fingerprint density at radius 3 is 2.59 bits per heavy atom. The fourth-order valence-electron chi connectivity index (χ4n) is 3.69. The van der Waals surface area contributed by atoms with Gasteiger partial charge in [0.2, 0.25) is 11.8 Å². The highest BCUT2D eigenvalue weighted by Crippen LogP contribution is 2.37. The first-order chi connectivity index (χ1) is 17.6. The van der Waals surface area contributed by atoms with Gasteiger partial charge in [-0.25, -0.2) is 0 Å². The Balaban J connectivity index is 1.62. The van der Waals surface area contributed by atoms with E-state index in [9.17, 15) is 32.8 Å². The number of amides is 3. The maximum atomic E-state index is 12.9. The number of anilines is 2. The van der Waals surface area contributed by atoms with Gasteiger partial charge in [0.1, 0.15) is 28.5 Å². The molecule has 0 aromatic heterocycles. The second-order valence-electron chi connectivity index (χ2n) is 8.18. The van der Waals surface area contributed by atoms with Crippen molar-refractivity contribution in [2.75, 3.05) is 63.1 Å². The zero-order valence-electron chi connectivity index (χ0n) is 20.1. The average molecular weight is 541 g/mol. The molecular formula is C23H27F3N6O4S. The Morgan fingerprint density at radius 1 is 1.24 bits per heavy atom. The van der Waals surface area contributed by atoms with Crippen LogP contribution >= 0.6 is 11.8 Å². The summed E-state index contributed by atoms with van der Waals surface area (Å²) >= 11 is 0.943. The molecule has 1 atom stereocenters. The van der Waals surface area contributed by atoms with Crippen LogP contribution in [0.5, 0.6) is 0 Å². The topological polar surface area (TPSA) is 127 Å². The Bertz CT molecular complexity index is 1080. The van der Waals surface area contributed by atoms with E-state index in [4.69, 9.17) is 4.74 Å². The van der Waals surface area contributed by atoms with Gasteiger partial charge in [-0.3, -0.25) is 19.3 Å². The molecule has 10 nitrogen and oxygen atoms in total. The molecule has 3 rings (SSSR count). The second kappa shape index (κ2) is 12.8. The lowest BCUT2D eigenvalue weighted by Gasteiger charge is -2.25. The van der Waals surface area contributed by atoms with Gasteiger partial charge in [-0.05, 0) is 25.1 Å². The minimum atomic E-state index is -4.63. The molecule has 0 saturated carbocycles. The van der Waals surface area contributed by atoms with Crippen LogP contribution in [0.3, 0.4) is 0 Å². The van der Waals surface area contributed by atoms with Crippen molar-refractivity contribution in [3.05, 3.63) is 34.9 Å². The van der Waals surface area contributed by atoms with E-state index < -0.39 is 29.5 Å². The SMILES string of the molecule is CCN1C(=O)[C@@H](CNc2cccc(NC(=O)CN3CCOCC3)c2)S/C1=C(/C#N)C(=O)NCC(F)(F)F. The molecule has 2 aliphatic heterocycles. The van der Waals surface area contributed by atoms with Crippen LogP contribution in [0.25, 0.3) is 0 Å². The molecule has 2 heterocycles. The lowest BCUT2D eigenvalue weighted by molar-refractivity contribution is -0.136. The molecule has 2 saturated heterocycles. The molecule has 37 heavy (non-hydrogen) atoms. The zero-order chi connectivity index (χ0) is 27.0. The van der Waals surface area contributed by atoms with E-state index in [1.807, 2.05) is 4.90 Å². The van der Waals surface area contributed by atoms with Crippen LogP contribution in [0, 0.1) is 11.3 Å². The van der Waals surface area contributed by atoms with E-state index in [2.05, 4.69) is 10.6 Å². The van der Waals surface area contributed by atoms with Crippen molar-refractivity contribution in [2.24, 2.45) is 0 Å². The third-order valence-electron chi connectivity index (χ3n) is 5.47. The molecule has 0 bridgehead atoms. The number of carbonyl (C=O) groups excluding carboxylic acids is 3. The maximum Gasteiger partial charge on any atom is 0.405 e. The van der Waals surface area contributed by atoms with E-state index in [1.165, 1.54) is 4.90 Å². The monoisotopic (exact) mass is 540 g/mol. The van der Waals surface area contributed by atoms with Crippen molar-refractivity contribution in [3.63, 3.8) is 0 Å². The van der Waals surface area contributed by atoms with Gasteiger partial charge in [0, 0.05) is 37.6 Å². The van der Waals surface area contributed by atoms with Gasteiger partial charge in [0.05, 0.1) is 19.8 Å². The van der Waals surface area contributed by atoms with Gasteiger partial charge in [-0.1, -0.05) is 17.8 Å². The molecule has 0 spiro atoms. The Labute approximate surface area is 216 Å². The maximum absolute atomic E-state index is 12.9. The summed E-state index contributed by atoms with van der Waals surface area (Å²) in [6, 6.07) is 8.56. The number of benzene rings is 1. The second-order valence-corrected chi connectivity index (χ2v) is 9.37. The average Bonchev–Trinajstić information content (AvgIpc) is 3.17. The molecule has 2 fully saturated rings. The first-order valence-corrected chi connectivity index (χ1v) is 12.4. The Hall–Kier alpha value is -3.28. The number of nitrogens with zero attached hydrogens (tertiary/aromatic N) is 3. The van der Waals surface area contributed by atoms with Gasteiger partial charge in [-0.15, -0.1) is 0 Å². The van der Waals surface area contributed by atoms with Crippen molar-refractivity contribution in [2.45, 2.75) is 18.3 Å². The fraction of sp³-hybridized carbons (Fsp3) is 0.478. The lowest BCUT2D eigenvalue weighted by atomic mass is 10.2. The molecule has 0 radical (unpaired) electrons. The summed E-state index contributed by atoms with van der Waals surface area (Å²) in [6.07, 6.45) is -4.63. The van der Waals surface area contributed by atoms with E-state index in [0.717, 1.165) is 11.8 Å².